The van der Waals surface area contributed by atoms with E-state index < -0.39 is 24.5 Å². The first-order valence-corrected chi connectivity index (χ1v) is 2.61. The summed E-state index contributed by atoms with van der Waals surface area (Å²) in [5, 5.41) is 9.61. The first-order valence-electron chi connectivity index (χ1n) is 2.61. The number of carbonyl (C=O) groups is 2. The summed E-state index contributed by atoms with van der Waals surface area (Å²) in [6.07, 6.45) is -5.59. The smallest absolute Gasteiger partial charge is 0.405 e. The molecule has 0 saturated carbocycles. The highest BCUT2D eigenvalue weighted by Crippen LogP contribution is 2.19. The van der Waals surface area contributed by atoms with Crippen molar-refractivity contribution < 1.29 is 28.2 Å². The molecular formula is C5H5F2O4-. The van der Waals surface area contributed by atoms with Gasteiger partial charge in [0, 0.05) is 6.92 Å². The lowest BCUT2D eigenvalue weighted by Crippen LogP contribution is -2.34. The number of halogens is 2. The van der Waals surface area contributed by atoms with Gasteiger partial charge in [-0.25, -0.2) is 0 Å². The van der Waals surface area contributed by atoms with Crippen LogP contribution in [0.1, 0.15) is 13.3 Å². The van der Waals surface area contributed by atoms with Crippen molar-refractivity contribution >= 4 is 11.9 Å². The number of carboxylic acid groups (broad SMARTS) is 1. The summed E-state index contributed by atoms with van der Waals surface area (Å²) in [5.74, 6) is -3.22. The van der Waals surface area contributed by atoms with Gasteiger partial charge in [-0.15, -0.1) is 0 Å². The fraction of sp³-hybridized carbons (Fsp3) is 0.600. The summed E-state index contributed by atoms with van der Waals surface area (Å²) in [6.45, 7) is 0.753. The minimum atomic E-state index is -3.97. The van der Waals surface area contributed by atoms with Crippen molar-refractivity contribution in [1.29, 1.82) is 0 Å². The van der Waals surface area contributed by atoms with E-state index in [2.05, 4.69) is 4.74 Å². The maximum absolute atomic E-state index is 12.1. The van der Waals surface area contributed by atoms with E-state index in [4.69, 9.17) is 0 Å². The van der Waals surface area contributed by atoms with Gasteiger partial charge in [0.25, 0.3) is 0 Å². The van der Waals surface area contributed by atoms with E-state index in [0.29, 0.717) is 0 Å². The van der Waals surface area contributed by atoms with Crippen LogP contribution in [0.2, 0.25) is 0 Å². The molecule has 0 spiro atoms. The molecule has 0 radical (unpaired) electrons. The highest BCUT2D eigenvalue weighted by Gasteiger charge is 2.32. The molecule has 11 heavy (non-hydrogen) atoms. The zero-order chi connectivity index (χ0) is 9.07. The van der Waals surface area contributed by atoms with E-state index in [0.717, 1.165) is 6.92 Å². The van der Waals surface area contributed by atoms with E-state index in [9.17, 15) is 23.5 Å². The molecule has 0 aliphatic heterocycles. The second-order valence-corrected chi connectivity index (χ2v) is 1.78. The van der Waals surface area contributed by atoms with Gasteiger partial charge in [-0.1, -0.05) is 0 Å². The molecular weight excluding hydrogens is 162 g/mol. The molecule has 0 aliphatic rings. The van der Waals surface area contributed by atoms with Gasteiger partial charge in [-0.05, 0) is 0 Å². The van der Waals surface area contributed by atoms with Crippen molar-refractivity contribution in [3.05, 3.63) is 0 Å². The van der Waals surface area contributed by atoms with Crippen molar-refractivity contribution in [2.45, 2.75) is 19.5 Å². The molecule has 0 aromatic rings. The number of ether oxygens (including phenoxy) is 1. The van der Waals surface area contributed by atoms with Crippen LogP contribution in [0.4, 0.5) is 8.78 Å². The van der Waals surface area contributed by atoms with Crippen molar-refractivity contribution in [2.24, 2.45) is 0 Å². The first-order chi connectivity index (χ1) is 4.83. The maximum Gasteiger partial charge on any atom is 0.405 e. The Kier molecular flexibility index (Phi) is 2.91. The molecule has 0 aromatic carbocycles. The summed E-state index contributed by atoms with van der Waals surface area (Å²) in [7, 11) is 0. The molecule has 64 valence electrons. The summed E-state index contributed by atoms with van der Waals surface area (Å²) in [4.78, 5) is 19.5. The van der Waals surface area contributed by atoms with Crippen LogP contribution in [0.3, 0.4) is 0 Å². The fourth-order valence-electron chi connectivity index (χ4n) is 0.414. The van der Waals surface area contributed by atoms with E-state index in [-0.39, 0.29) is 0 Å². The average Bonchev–Trinajstić information content (AvgIpc) is 1.53. The van der Waals surface area contributed by atoms with Gasteiger partial charge in [-0.2, -0.15) is 8.78 Å². The molecule has 0 bridgehead atoms. The second kappa shape index (κ2) is 3.27. The molecule has 0 amide bonds. The van der Waals surface area contributed by atoms with Crippen LogP contribution in [-0.4, -0.2) is 18.0 Å². The zero-order valence-electron chi connectivity index (χ0n) is 5.60. The molecule has 0 rings (SSSR count). The van der Waals surface area contributed by atoms with Gasteiger partial charge in [0.2, 0.25) is 0 Å². The molecule has 6 heteroatoms. The van der Waals surface area contributed by atoms with Gasteiger partial charge < -0.3 is 14.6 Å². The molecule has 0 aliphatic carbocycles. The number of hydrogen-bond acceptors (Lipinski definition) is 4. The monoisotopic (exact) mass is 167 g/mol. The molecule has 4 nitrogen and oxygen atoms in total. The summed E-state index contributed by atoms with van der Waals surface area (Å²) >= 11 is 0. The standard InChI is InChI=1S/C5H6F2O4/c1-3(8)11-5(6,7)2-4(9)10/h2H2,1H3,(H,9,10)/p-1. The number of carbonyl (C=O) groups excluding carboxylic acids is 2. The van der Waals surface area contributed by atoms with E-state index >= 15 is 0 Å². The molecule has 0 atom stereocenters. The lowest BCUT2D eigenvalue weighted by molar-refractivity contribution is -0.319. The average molecular weight is 167 g/mol. The second-order valence-electron chi connectivity index (χ2n) is 1.78. The lowest BCUT2D eigenvalue weighted by Gasteiger charge is -2.15. The first kappa shape index (κ1) is 9.80. The molecule has 0 aromatic heterocycles. The predicted octanol–water partition coefficient (Wildman–Crippen LogP) is -0.718. The lowest BCUT2D eigenvalue weighted by atomic mass is 10.4. The topological polar surface area (TPSA) is 66.4 Å². The third-order valence-electron chi connectivity index (χ3n) is 0.643. The van der Waals surface area contributed by atoms with Crippen LogP contribution in [0.5, 0.6) is 0 Å². The van der Waals surface area contributed by atoms with E-state index in [1.807, 2.05) is 0 Å². The normalized spacial score (nSPS) is 10.8. The van der Waals surface area contributed by atoms with Gasteiger partial charge in [-0.3, -0.25) is 4.79 Å². The van der Waals surface area contributed by atoms with E-state index in [1.165, 1.54) is 0 Å². The minimum Gasteiger partial charge on any atom is -0.550 e. The fourth-order valence-corrected chi connectivity index (χ4v) is 0.414. The molecule has 0 saturated heterocycles. The van der Waals surface area contributed by atoms with Crippen LogP contribution in [0.15, 0.2) is 0 Å². The Balaban J connectivity index is 3.99. The maximum atomic E-state index is 12.1. The van der Waals surface area contributed by atoms with Crippen LogP contribution in [-0.2, 0) is 14.3 Å². The summed E-state index contributed by atoms with van der Waals surface area (Å²) in [6, 6.07) is 0. The van der Waals surface area contributed by atoms with Gasteiger partial charge in [0.05, 0.1) is 12.4 Å². The Morgan fingerprint density at radius 1 is 1.55 bits per heavy atom. The van der Waals surface area contributed by atoms with Crippen LogP contribution < -0.4 is 5.11 Å². The number of hydrogen-bond donors (Lipinski definition) is 0. The van der Waals surface area contributed by atoms with Gasteiger partial charge in [0.15, 0.2) is 0 Å². The molecule has 0 heterocycles. The Morgan fingerprint density at radius 3 is 2.27 bits per heavy atom. The number of esters is 1. The van der Waals surface area contributed by atoms with Crippen molar-refractivity contribution in [3.8, 4) is 0 Å². The Labute approximate surface area is 60.8 Å². The number of rotatable bonds is 3. The molecule has 0 N–H and O–H groups in total. The van der Waals surface area contributed by atoms with Crippen molar-refractivity contribution in [2.75, 3.05) is 0 Å². The zero-order valence-corrected chi connectivity index (χ0v) is 5.60. The summed E-state index contributed by atoms with van der Waals surface area (Å²) in [5.41, 5.74) is 0. The predicted molar refractivity (Wildman–Crippen MR) is 26.3 cm³/mol. The number of aliphatic carboxylic acids is 1. The quantitative estimate of drug-likeness (QED) is 0.520. The Bertz CT molecular complexity index is 159. The van der Waals surface area contributed by atoms with Crippen LogP contribution in [0.25, 0.3) is 0 Å². The van der Waals surface area contributed by atoms with Crippen LogP contribution >= 0.6 is 0 Å². The minimum absolute atomic E-state index is 0.753. The molecule has 0 fully saturated rings. The molecule has 0 unspecified atom stereocenters. The third-order valence-corrected chi connectivity index (χ3v) is 0.643. The van der Waals surface area contributed by atoms with Crippen LogP contribution in [0, 0.1) is 0 Å². The van der Waals surface area contributed by atoms with Crippen molar-refractivity contribution in [3.63, 3.8) is 0 Å². The van der Waals surface area contributed by atoms with Gasteiger partial charge >= 0.3 is 12.1 Å². The van der Waals surface area contributed by atoms with E-state index in [1.54, 1.807) is 0 Å². The highest BCUT2D eigenvalue weighted by atomic mass is 19.3. The largest absolute Gasteiger partial charge is 0.550 e. The third kappa shape index (κ3) is 5.25. The van der Waals surface area contributed by atoms with Crippen molar-refractivity contribution in [1.82, 2.24) is 0 Å². The number of carboxylic acids is 1. The Morgan fingerprint density at radius 2 is 2.00 bits per heavy atom. The summed E-state index contributed by atoms with van der Waals surface area (Å²) < 4.78 is 27.5. The number of alkyl halides is 2. The SMILES string of the molecule is CC(=O)OC(F)(F)CC(=O)[O-]. The highest BCUT2D eigenvalue weighted by molar-refractivity contribution is 5.68. The Hall–Kier alpha value is -1.20. The van der Waals surface area contributed by atoms with Gasteiger partial charge in [0.1, 0.15) is 0 Å².